The number of nitrogens with zero attached hydrogens (tertiary/aromatic N) is 1. The van der Waals surface area contributed by atoms with Crippen LogP contribution < -0.4 is 0 Å². The largest absolute Gasteiger partial charge is 0.481 e. The molecule has 1 saturated heterocycles. The highest BCUT2D eigenvalue weighted by molar-refractivity contribution is 5.78. The molecule has 3 atom stereocenters. The highest BCUT2D eigenvalue weighted by atomic mass is 16.6. The summed E-state index contributed by atoms with van der Waals surface area (Å²) in [6.45, 7) is 4.25. The zero-order valence-corrected chi connectivity index (χ0v) is 9.67. The first kappa shape index (κ1) is 12.0. The van der Waals surface area contributed by atoms with Crippen molar-refractivity contribution >= 4 is 12.1 Å². The molecule has 1 amide bonds. The first-order valence-electron chi connectivity index (χ1n) is 5.94. The Kier molecular flexibility index (Phi) is 3.36. The van der Waals surface area contributed by atoms with E-state index in [1.807, 2.05) is 0 Å². The standard InChI is InChI=1S/C12H17NO4/c1-2-7-17-12(16)13-6-4-3-5-8-9(10(8)13)11(14)15/h2,8-10H,1,3-7H2,(H,14,15)/t8-,9-,10-/m1/s1. The highest BCUT2D eigenvalue weighted by Gasteiger charge is 2.59. The normalized spacial score (nSPS) is 31.1. The van der Waals surface area contributed by atoms with Crippen molar-refractivity contribution < 1.29 is 19.4 Å². The lowest BCUT2D eigenvalue weighted by molar-refractivity contribution is -0.139. The van der Waals surface area contributed by atoms with Gasteiger partial charge in [0.1, 0.15) is 6.61 Å². The monoisotopic (exact) mass is 239 g/mol. The van der Waals surface area contributed by atoms with E-state index < -0.39 is 18.0 Å². The molecule has 2 aliphatic rings. The van der Waals surface area contributed by atoms with Crippen molar-refractivity contribution in [2.75, 3.05) is 13.2 Å². The number of amides is 1. The number of likely N-dealkylation sites (tertiary alicyclic amines) is 1. The molecule has 1 N–H and O–H groups in total. The van der Waals surface area contributed by atoms with E-state index in [4.69, 9.17) is 9.84 Å². The molecule has 94 valence electrons. The van der Waals surface area contributed by atoms with Gasteiger partial charge in [-0.15, -0.1) is 0 Å². The third-order valence-electron chi connectivity index (χ3n) is 3.52. The number of ether oxygens (including phenoxy) is 1. The van der Waals surface area contributed by atoms with Crippen molar-refractivity contribution in [2.45, 2.75) is 25.3 Å². The smallest absolute Gasteiger partial charge is 0.410 e. The number of hydrogen-bond acceptors (Lipinski definition) is 3. The number of carbonyl (C=O) groups excluding carboxylic acids is 1. The van der Waals surface area contributed by atoms with E-state index >= 15 is 0 Å². The summed E-state index contributed by atoms with van der Waals surface area (Å²) in [5, 5.41) is 9.06. The summed E-state index contributed by atoms with van der Waals surface area (Å²) in [5.74, 6) is -1.08. The maximum Gasteiger partial charge on any atom is 0.410 e. The molecule has 0 spiro atoms. The van der Waals surface area contributed by atoms with Crippen molar-refractivity contribution in [3.63, 3.8) is 0 Å². The van der Waals surface area contributed by atoms with E-state index in [2.05, 4.69) is 6.58 Å². The summed E-state index contributed by atoms with van der Waals surface area (Å²) in [7, 11) is 0. The van der Waals surface area contributed by atoms with Gasteiger partial charge in [-0.1, -0.05) is 19.1 Å². The van der Waals surface area contributed by atoms with E-state index in [1.54, 1.807) is 4.90 Å². The second kappa shape index (κ2) is 4.77. The van der Waals surface area contributed by atoms with Crippen LogP contribution in [0.15, 0.2) is 12.7 Å². The summed E-state index contributed by atoms with van der Waals surface area (Å²) < 4.78 is 4.99. The van der Waals surface area contributed by atoms with Gasteiger partial charge in [-0.3, -0.25) is 4.79 Å². The molecule has 1 saturated carbocycles. The predicted octanol–water partition coefficient (Wildman–Crippen LogP) is 1.49. The maximum atomic E-state index is 11.8. The van der Waals surface area contributed by atoms with Crippen LogP contribution >= 0.6 is 0 Å². The van der Waals surface area contributed by atoms with E-state index in [9.17, 15) is 9.59 Å². The lowest BCUT2D eigenvalue weighted by atomic mass is 10.1. The fourth-order valence-corrected chi connectivity index (χ4v) is 2.70. The minimum atomic E-state index is -0.802. The van der Waals surface area contributed by atoms with Crippen LogP contribution in [0.3, 0.4) is 0 Å². The summed E-state index contributed by atoms with van der Waals surface area (Å²) in [4.78, 5) is 24.4. The van der Waals surface area contributed by atoms with E-state index in [1.165, 1.54) is 6.08 Å². The van der Waals surface area contributed by atoms with Crippen LogP contribution in [-0.2, 0) is 9.53 Å². The molecule has 5 nitrogen and oxygen atoms in total. The Morgan fingerprint density at radius 2 is 2.24 bits per heavy atom. The van der Waals surface area contributed by atoms with E-state index in [0.717, 1.165) is 19.3 Å². The zero-order valence-electron chi connectivity index (χ0n) is 9.67. The zero-order chi connectivity index (χ0) is 12.4. The molecule has 5 heteroatoms. The Bertz CT molecular complexity index is 341. The Balaban J connectivity index is 2.02. The Morgan fingerprint density at radius 3 is 2.88 bits per heavy atom. The Labute approximate surface area is 100 Å². The minimum absolute atomic E-state index is 0.117. The third-order valence-corrected chi connectivity index (χ3v) is 3.52. The fourth-order valence-electron chi connectivity index (χ4n) is 2.70. The summed E-state index contributed by atoms with van der Waals surface area (Å²) >= 11 is 0. The lowest BCUT2D eigenvalue weighted by Gasteiger charge is -2.20. The quantitative estimate of drug-likeness (QED) is 0.758. The highest BCUT2D eigenvalue weighted by Crippen LogP contribution is 2.48. The van der Waals surface area contributed by atoms with Gasteiger partial charge >= 0.3 is 12.1 Å². The fraction of sp³-hybridized carbons (Fsp3) is 0.667. The summed E-state index contributed by atoms with van der Waals surface area (Å²) in [6, 6.07) is -0.160. The SMILES string of the molecule is C=CCOC(=O)N1CCCC[C@@H]2[C@@H](C(=O)O)[C@@H]21. The number of rotatable bonds is 3. The van der Waals surface area contributed by atoms with E-state index in [0.29, 0.717) is 6.54 Å². The van der Waals surface area contributed by atoms with Gasteiger partial charge in [0.05, 0.1) is 12.0 Å². The number of carboxylic acid groups (broad SMARTS) is 1. The van der Waals surface area contributed by atoms with Gasteiger partial charge in [0.15, 0.2) is 0 Å². The van der Waals surface area contributed by atoms with Gasteiger partial charge in [-0.05, 0) is 18.8 Å². The molecule has 2 fully saturated rings. The Morgan fingerprint density at radius 1 is 1.47 bits per heavy atom. The molecule has 1 aliphatic heterocycles. The van der Waals surface area contributed by atoms with Gasteiger partial charge < -0.3 is 14.7 Å². The predicted molar refractivity (Wildman–Crippen MR) is 60.5 cm³/mol. The molecule has 0 aromatic carbocycles. The van der Waals surface area contributed by atoms with Crippen LogP contribution in [0.4, 0.5) is 4.79 Å². The number of carbonyl (C=O) groups is 2. The van der Waals surface area contributed by atoms with Crippen LogP contribution in [0, 0.1) is 11.8 Å². The lowest BCUT2D eigenvalue weighted by Crippen LogP contribution is -2.36. The molecule has 17 heavy (non-hydrogen) atoms. The van der Waals surface area contributed by atoms with Crippen molar-refractivity contribution in [1.82, 2.24) is 4.90 Å². The van der Waals surface area contributed by atoms with Gasteiger partial charge in [0.25, 0.3) is 0 Å². The van der Waals surface area contributed by atoms with Crippen molar-refractivity contribution in [3.8, 4) is 0 Å². The molecule has 1 aliphatic carbocycles. The molecule has 0 unspecified atom stereocenters. The topological polar surface area (TPSA) is 66.8 Å². The van der Waals surface area contributed by atoms with Crippen LogP contribution in [0.2, 0.25) is 0 Å². The van der Waals surface area contributed by atoms with Gasteiger partial charge in [-0.2, -0.15) is 0 Å². The average molecular weight is 239 g/mol. The molecular weight excluding hydrogens is 222 g/mol. The molecule has 0 bridgehead atoms. The number of fused-ring (bicyclic) bond motifs is 1. The molecular formula is C12H17NO4. The molecule has 0 aromatic rings. The second-order valence-electron chi connectivity index (χ2n) is 4.57. The first-order chi connectivity index (χ1) is 8.16. The van der Waals surface area contributed by atoms with Crippen molar-refractivity contribution in [1.29, 1.82) is 0 Å². The summed E-state index contributed by atoms with van der Waals surface area (Å²) in [5.41, 5.74) is 0. The van der Waals surface area contributed by atoms with Crippen LogP contribution in [0.5, 0.6) is 0 Å². The van der Waals surface area contributed by atoms with Crippen molar-refractivity contribution in [3.05, 3.63) is 12.7 Å². The molecule has 0 aromatic heterocycles. The molecule has 1 heterocycles. The summed E-state index contributed by atoms with van der Waals surface area (Å²) in [6.07, 6.45) is 3.89. The van der Waals surface area contributed by atoms with Crippen LogP contribution in [0.25, 0.3) is 0 Å². The number of hydrogen-bond donors (Lipinski definition) is 1. The van der Waals surface area contributed by atoms with Crippen molar-refractivity contribution in [2.24, 2.45) is 11.8 Å². The van der Waals surface area contributed by atoms with Crippen LogP contribution in [0.1, 0.15) is 19.3 Å². The number of aliphatic carboxylic acids is 1. The van der Waals surface area contributed by atoms with E-state index in [-0.39, 0.29) is 18.6 Å². The van der Waals surface area contributed by atoms with Crippen LogP contribution in [-0.4, -0.2) is 41.3 Å². The number of carboxylic acids is 1. The maximum absolute atomic E-state index is 11.8. The second-order valence-corrected chi connectivity index (χ2v) is 4.57. The van der Waals surface area contributed by atoms with Gasteiger partial charge in [-0.25, -0.2) is 4.79 Å². The van der Waals surface area contributed by atoms with Gasteiger partial charge in [0.2, 0.25) is 0 Å². The molecule has 0 radical (unpaired) electrons. The third kappa shape index (κ3) is 2.28. The molecule has 2 rings (SSSR count). The minimum Gasteiger partial charge on any atom is -0.481 e. The average Bonchev–Trinajstić information content (AvgIpc) is 3.00. The first-order valence-corrected chi connectivity index (χ1v) is 5.94. The van der Waals surface area contributed by atoms with Gasteiger partial charge in [0, 0.05) is 6.54 Å². The Hall–Kier alpha value is -1.52.